The number of aryl methyl sites for hydroxylation is 1. The molecule has 0 amide bonds. The molecule has 1 atom stereocenters. The Labute approximate surface area is 120 Å². The Kier molecular flexibility index (Phi) is 4.56. The first-order valence-corrected chi connectivity index (χ1v) is 7.00. The maximum Gasteiger partial charge on any atom is 0.126 e. The van der Waals surface area contributed by atoms with Gasteiger partial charge in [0, 0.05) is 0 Å². The van der Waals surface area contributed by atoms with Crippen molar-refractivity contribution in [3.63, 3.8) is 0 Å². The largest absolute Gasteiger partial charge is 0.384 e. The van der Waals surface area contributed by atoms with Crippen molar-refractivity contribution in [3.8, 4) is 0 Å². The highest BCUT2D eigenvalue weighted by molar-refractivity contribution is 5.33. The van der Waals surface area contributed by atoms with E-state index in [1.54, 1.807) is 19.1 Å². The highest BCUT2D eigenvalue weighted by Crippen LogP contribution is 2.24. The lowest BCUT2D eigenvalue weighted by Gasteiger charge is -2.13. The molecule has 0 bridgehead atoms. The van der Waals surface area contributed by atoms with Gasteiger partial charge in [0.15, 0.2) is 0 Å². The molecular weight excluding hydrogens is 251 g/mol. The predicted octanol–water partition coefficient (Wildman–Crippen LogP) is 4.41. The molecule has 0 heterocycles. The molecular formula is C18H21FO. The van der Waals surface area contributed by atoms with E-state index in [0.717, 1.165) is 12.0 Å². The van der Waals surface area contributed by atoms with Gasteiger partial charge in [-0.25, -0.2) is 4.39 Å². The second-order valence-electron chi connectivity index (χ2n) is 5.75. The van der Waals surface area contributed by atoms with Crippen LogP contribution in [0.15, 0.2) is 42.5 Å². The fourth-order valence-electron chi connectivity index (χ4n) is 2.28. The lowest BCUT2D eigenvalue weighted by Crippen LogP contribution is -2.01. The van der Waals surface area contributed by atoms with Crippen LogP contribution in [-0.4, -0.2) is 5.11 Å². The average Bonchev–Trinajstić information content (AvgIpc) is 2.41. The maximum atomic E-state index is 13.6. The van der Waals surface area contributed by atoms with Crippen molar-refractivity contribution in [1.82, 2.24) is 0 Å². The molecule has 1 unspecified atom stereocenters. The summed E-state index contributed by atoms with van der Waals surface area (Å²) < 4.78 is 13.6. The summed E-state index contributed by atoms with van der Waals surface area (Å²) in [4.78, 5) is 0. The molecule has 106 valence electrons. The molecule has 0 aliphatic heterocycles. The Hall–Kier alpha value is -1.67. The minimum absolute atomic E-state index is 0.280. The van der Waals surface area contributed by atoms with Crippen LogP contribution in [0, 0.1) is 18.7 Å². The first kappa shape index (κ1) is 14.7. The summed E-state index contributed by atoms with van der Waals surface area (Å²) >= 11 is 0. The third-order valence-corrected chi connectivity index (χ3v) is 3.45. The number of rotatable bonds is 4. The van der Waals surface area contributed by atoms with E-state index in [1.807, 2.05) is 24.3 Å². The Morgan fingerprint density at radius 1 is 1.00 bits per heavy atom. The number of hydrogen-bond donors (Lipinski definition) is 1. The number of aliphatic hydroxyl groups excluding tert-OH is 1. The van der Waals surface area contributed by atoms with Crippen molar-refractivity contribution < 1.29 is 9.50 Å². The third kappa shape index (κ3) is 3.45. The Morgan fingerprint density at radius 3 is 2.15 bits per heavy atom. The summed E-state index contributed by atoms with van der Waals surface area (Å²) in [7, 11) is 0. The Morgan fingerprint density at radius 2 is 1.60 bits per heavy atom. The first-order valence-electron chi connectivity index (χ1n) is 7.00. The molecule has 20 heavy (non-hydrogen) atoms. The summed E-state index contributed by atoms with van der Waals surface area (Å²) in [5, 5.41) is 10.3. The zero-order valence-electron chi connectivity index (χ0n) is 12.2. The zero-order valence-corrected chi connectivity index (χ0v) is 12.2. The predicted molar refractivity (Wildman–Crippen MR) is 80.2 cm³/mol. The van der Waals surface area contributed by atoms with Crippen LogP contribution in [0.4, 0.5) is 4.39 Å². The number of hydrogen-bond acceptors (Lipinski definition) is 1. The lowest BCUT2D eigenvalue weighted by atomic mass is 9.97. The van der Waals surface area contributed by atoms with Gasteiger partial charge in [-0.3, -0.25) is 0 Å². The van der Waals surface area contributed by atoms with Crippen LogP contribution in [0.2, 0.25) is 0 Å². The van der Waals surface area contributed by atoms with Crippen LogP contribution < -0.4 is 0 Å². The molecule has 0 aliphatic carbocycles. The van der Waals surface area contributed by atoms with Gasteiger partial charge in [-0.05, 0) is 47.6 Å². The third-order valence-electron chi connectivity index (χ3n) is 3.45. The fraction of sp³-hybridized carbons (Fsp3) is 0.333. The summed E-state index contributed by atoms with van der Waals surface area (Å²) in [5.41, 5.74) is 3.23. The van der Waals surface area contributed by atoms with Crippen LogP contribution in [0.25, 0.3) is 0 Å². The van der Waals surface area contributed by atoms with Crippen molar-refractivity contribution in [2.45, 2.75) is 33.3 Å². The van der Waals surface area contributed by atoms with Gasteiger partial charge in [-0.15, -0.1) is 0 Å². The van der Waals surface area contributed by atoms with E-state index in [4.69, 9.17) is 0 Å². The topological polar surface area (TPSA) is 20.2 Å². The van der Waals surface area contributed by atoms with Crippen LogP contribution in [0.1, 0.15) is 42.2 Å². The molecule has 0 fully saturated rings. The summed E-state index contributed by atoms with van der Waals surface area (Å²) in [5.74, 6) is 0.329. The van der Waals surface area contributed by atoms with Gasteiger partial charge in [-0.2, -0.15) is 0 Å². The van der Waals surface area contributed by atoms with Crippen molar-refractivity contribution in [2.24, 2.45) is 5.92 Å². The molecule has 2 rings (SSSR count). The second kappa shape index (κ2) is 6.19. The smallest absolute Gasteiger partial charge is 0.126 e. The molecule has 2 aromatic rings. The average molecular weight is 272 g/mol. The molecule has 1 nitrogen and oxygen atoms in total. The summed E-state index contributed by atoms with van der Waals surface area (Å²) in [6.07, 6.45) is 0.244. The van der Waals surface area contributed by atoms with Gasteiger partial charge < -0.3 is 5.11 Å². The molecule has 1 N–H and O–H groups in total. The fourth-order valence-corrected chi connectivity index (χ4v) is 2.28. The van der Waals surface area contributed by atoms with Gasteiger partial charge in [-0.1, -0.05) is 50.2 Å². The van der Waals surface area contributed by atoms with Crippen molar-refractivity contribution >= 4 is 0 Å². The number of aliphatic hydroxyl groups is 1. The van der Waals surface area contributed by atoms with Gasteiger partial charge in [0.05, 0.1) is 0 Å². The lowest BCUT2D eigenvalue weighted by molar-refractivity contribution is 0.219. The first-order chi connectivity index (χ1) is 9.47. The summed E-state index contributed by atoms with van der Waals surface area (Å²) in [6, 6.07) is 12.8. The van der Waals surface area contributed by atoms with Crippen LogP contribution in [0.5, 0.6) is 0 Å². The normalized spacial score (nSPS) is 12.7. The summed E-state index contributed by atoms with van der Waals surface area (Å²) in [6.45, 7) is 6.07. The minimum atomic E-state index is -0.779. The quantitative estimate of drug-likeness (QED) is 0.873. The molecule has 0 spiro atoms. The van der Waals surface area contributed by atoms with E-state index in [2.05, 4.69) is 13.8 Å². The van der Waals surface area contributed by atoms with Gasteiger partial charge in [0.2, 0.25) is 0 Å². The molecule has 0 aliphatic rings. The van der Waals surface area contributed by atoms with Crippen molar-refractivity contribution in [2.75, 3.05) is 0 Å². The Bertz CT molecular complexity index is 572. The monoisotopic (exact) mass is 272 g/mol. The standard InChI is InChI=1S/C18H21FO/c1-12(2)10-14-5-8-15(9-6-14)18(20)16-7-4-13(3)17(19)11-16/h4-9,11-12,18,20H,10H2,1-3H3. The van der Waals surface area contributed by atoms with E-state index in [1.165, 1.54) is 11.6 Å². The SMILES string of the molecule is Cc1ccc(C(O)c2ccc(CC(C)C)cc2)cc1F. The second-order valence-corrected chi connectivity index (χ2v) is 5.75. The molecule has 0 radical (unpaired) electrons. The number of benzene rings is 2. The van der Waals surface area contributed by atoms with Gasteiger partial charge in [0.25, 0.3) is 0 Å². The highest BCUT2D eigenvalue weighted by atomic mass is 19.1. The van der Waals surface area contributed by atoms with Crippen LogP contribution in [-0.2, 0) is 6.42 Å². The zero-order chi connectivity index (χ0) is 14.7. The van der Waals surface area contributed by atoms with Gasteiger partial charge >= 0.3 is 0 Å². The van der Waals surface area contributed by atoms with E-state index in [0.29, 0.717) is 17.0 Å². The minimum Gasteiger partial charge on any atom is -0.384 e. The molecule has 0 saturated carbocycles. The number of halogens is 1. The van der Waals surface area contributed by atoms with Gasteiger partial charge in [0.1, 0.15) is 11.9 Å². The van der Waals surface area contributed by atoms with Crippen molar-refractivity contribution in [1.29, 1.82) is 0 Å². The molecule has 2 aromatic carbocycles. The molecule has 2 heteroatoms. The highest BCUT2D eigenvalue weighted by Gasteiger charge is 2.12. The van der Waals surface area contributed by atoms with E-state index in [-0.39, 0.29) is 5.82 Å². The van der Waals surface area contributed by atoms with E-state index >= 15 is 0 Å². The van der Waals surface area contributed by atoms with E-state index < -0.39 is 6.10 Å². The molecule has 0 saturated heterocycles. The van der Waals surface area contributed by atoms with Crippen molar-refractivity contribution in [3.05, 3.63) is 70.5 Å². The van der Waals surface area contributed by atoms with E-state index in [9.17, 15) is 9.50 Å². The van der Waals surface area contributed by atoms with Crippen LogP contribution in [0.3, 0.4) is 0 Å². The van der Waals surface area contributed by atoms with Crippen LogP contribution >= 0.6 is 0 Å². The Balaban J connectivity index is 2.20. The molecule has 0 aromatic heterocycles. The maximum absolute atomic E-state index is 13.6.